The lowest BCUT2D eigenvalue weighted by Crippen LogP contribution is -2.20. The maximum absolute atomic E-state index is 12.9. The smallest absolute Gasteiger partial charge is 0.416 e. The molecule has 4 rings (SSSR count). The molecule has 0 heterocycles. The average molecular weight is 632 g/mol. The third kappa shape index (κ3) is 7.03. The Labute approximate surface area is 231 Å². The van der Waals surface area contributed by atoms with E-state index in [0.717, 1.165) is 32.0 Å². The highest BCUT2D eigenvalue weighted by Crippen LogP contribution is 2.35. The van der Waals surface area contributed by atoms with Gasteiger partial charge in [-0.25, -0.2) is 5.43 Å². The molecule has 4 aromatic carbocycles. The average Bonchev–Trinajstić information content (AvgIpc) is 2.88. The molecule has 0 bridgehead atoms. The molecule has 196 valence electrons. The highest BCUT2D eigenvalue weighted by atomic mass is 127. The minimum absolute atomic E-state index is 0.232. The number of rotatable bonds is 9. The van der Waals surface area contributed by atoms with Crippen molar-refractivity contribution in [2.24, 2.45) is 5.10 Å². The fourth-order valence-corrected chi connectivity index (χ4v) is 4.68. The van der Waals surface area contributed by atoms with Crippen LogP contribution in [0.3, 0.4) is 0 Å². The van der Waals surface area contributed by atoms with E-state index in [4.69, 9.17) is 9.47 Å². The molecule has 0 aliphatic heterocycles. The van der Waals surface area contributed by atoms with Crippen LogP contribution in [-0.4, -0.2) is 18.7 Å². The Bertz CT molecular complexity index is 1470. The Morgan fingerprint density at radius 2 is 1.76 bits per heavy atom. The molecular formula is C29H24F3IN2O3. The van der Waals surface area contributed by atoms with E-state index < -0.39 is 17.6 Å². The first-order valence-corrected chi connectivity index (χ1v) is 12.9. The molecule has 0 atom stereocenters. The van der Waals surface area contributed by atoms with Gasteiger partial charge >= 0.3 is 6.18 Å². The number of carbonyl (C=O) groups is 1. The molecule has 0 aliphatic rings. The molecule has 0 radical (unpaired) electrons. The number of hydrazone groups is 1. The second-order valence-electron chi connectivity index (χ2n) is 8.36. The highest BCUT2D eigenvalue weighted by molar-refractivity contribution is 14.1. The molecule has 0 unspecified atom stereocenters. The third-order valence-corrected chi connectivity index (χ3v) is 6.41. The molecule has 9 heteroatoms. The predicted molar refractivity (Wildman–Crippen MR) is 149 cm³/mol. The van der Waals surface area contributed by atoms with Gasteiger partial charge < -0.3 is 9.47 Å². The first-order chi connectivity index (χ1) is 18.2. The number of hydrogen-bond donors (Lipinski definition) is 1. The first-order valence-electron chi connectivity index (χ1n) is 11.8. The number of nitrogens with zero attached hydrogens (tertiary/aromatic N) is 1. The van der Waals surface area contributed by atoms with E-state index in [2.05, 4.69) is 51.3 Å². The van der Waals surface area contributed by atoms with E-state index >= 15 is 0 Å². The summed E-state index contributed by atoms with van der Waals surface area (Å²) in [4.78, 5) is 12.2. The lowest BCUT2D eigenvalue weighted by atomic mass is 10.1. The van der Waals surface area contributed by atoms with Gasteiger partial charge in [0.1, 0.15) is 6.61 Å². The second-order valence-corrected chi connectivity index (χ2v) is 9.52. The number of amides is 1. The third-order valence-electron chi connectivity index (χ3n) is 5.61. The van der Waals surface area contributed by atoms with Gasteiger partial charge in [-0.2, -0.15) is 18.3 Å². The maximum Gasteiger partial charge on any atom is 0.416 e. The van der Waals surface area contributed by atoms with Crippen LogP contribution in [0.25, 0.3) is 10.8 Å². The fraction of sp³-hybridized carbons (Fsp3) is 0.172. The van der Waals surface area contributed by atoms with Gasteiger partial charge in [-0.1, -0.05) is 60.7 Å². The van der Waals surface area contributed by atoms with Gasteiger partial charge in [0, 0.05) is 0 Å². The fourth-order valence-electron chi connectivity index (χ4n) is 3.90. The molecule has 0 spiro atoms. The SMILES string of the molecule is CCOc1cc(/C=N\NC(=O)Cc2cccc(C(F)(F)F)c2)cc(I)c1OCc1cccc2ccccc12. The van der Waals surface area contributed by atoms with Crippen molar-refractivity contribution >= 4 is 45.5 Å². The van der Waals surface area contributed by atoms with E-state index in [1.54, 1.807) is 6.07 Å². The number of nitrogens with one attached hydrogen (secondary N) is 1. The summed E-state index contributed by atoms with van der Waals surface area (Å²) in [5.74, 6) is 0.609. The van der Waals surface area contributed by atoms with Crippen molar-refractivity contribution in [2.45, 2.75) is 26.1 Å². The van der Waals surface area contributed by atoms with Crippen molar-refractivity contribution in [3.8, 4) is 11.5 Å². The summed E-state index contributed by atoms with van der Waals surface area (Å²) >= 11 is 2.16. The van der Waals surface area contributed by atoms with Crippen LogP contribution in [0.1, 0.15) is 29.2 Å². The van der Waals surface area contributed by atoms with Crippen LogP contribution in [0.4, 0.5) is 13.2 Å². The summed E-state index contributed by atoms with van der Waals surface area (Å²) in [6.07, 6.45) is -3.25. The summed E-state index contributed by atoms with van der Waals surface area (Å²) in [5.41, 5.74) is 3.52. The number of hydrogen-bond acceptors (Lipinski definition) is 4. The lowest BCUT2D eigenvalue weighted by molar-refractivity contribution is -0.137. The summed E-state index contributed by atoms with van der Waals surface area (Å²) in [6.45, 7) is 2.65. The van der Waals surface area contributed by atoms with Crippen LogP contribution in [0.2, 0.25) is 0 Å². The lowest BCUT2D eigenvalue weighted by Gasteiger charge is -2.15. The Hall–Kier alpha value is -3.60. The van der Waals surface area contributed by atoms with Crippen LogP contribution in [0.15, 0.2) is 84.0 Å². The van der Waals surface area contributed by atoms with E-state index in [1.165, 1.54) is 18.3 Å². The zero-order valence-electron chi connectivity index (χ0n) is 20.4. The van der Waals surface area contributed by atoms with Gasteiger partial charge in [-0.05, 0) is 75.2 Å². The summed E-state index contributed by atoms with van der Waals surface area (Å²) in [5, 5.41) is 6.21. The van der Waals surface area contributed by atoms with Gasteiger partial charge in [0.05, 0.1) is 28.4 Å². The largest absolute Gasteiger partial charge is 0.490 e. The molecule has 0 saturated heterocycles. The van der Waals surface area contributed by atoms with E-state index in [9.17, 15) is 18.0 Å². The number of carbonyl (C=O) groups excluding carboxylic acids is 1. The van der Waals surface area contributed by atoms with Gasteiger partial charge in [0.25, 0.3) is 0 Å². The first kappa shape index (κ1) is 27.4. The van der Waals surface area contributed by atoms with Gasteiger partial charge in [0.15, 0.2) is 11.5 Å². The Morgan fingerprint density at radius 1 is 1.00 bits per heavy atom. The van der Waals surface area contributed by atoms with Crippen molar-refractivity contribution in [3.63, 3.8) is 0 Å². The van der Waals surface area contributed by atoms with Crippen LogP contribution in [0.5, 0.6) is 11.5 Å². The predicted octanol–water partition coefficient (Wildman–Crippen LogP) is 7.13. The van der Waals surface area contributed by atoms with Crippen molar-refractivity contribution in [1.29, 1.82) is 0 Å². The molecule has 0 saturated carbocycles. The molecule has 38 heavy (non-hydrogen) atoms. The Balaban J connectivity index is 1.44. The second kappa shape index (κ2) is 12.3. The highest BCUT2D eigenvalue weighted by Gasteiger charge is 2.30. The van der Waals surface area contributed by atoms with Crippen LogP contribution in [0, 0.1) is 3.57 Å². The summed E-state index contributed by atoms with van der Waals surface area (Å²) in [7, 11) is 0. The normalized spacial score (nSPS) is 11.6. The zero-order valence-corrected chi connectivity index (χ0v) is 22.5. The molecule has 5 nitrogen and oxygen atoms in total. The number of halogens is 4. The quantitative estimate of drug-likeness (QED) is 0.121. The number of alkyl halides is 3. The summed E-state index contributed by atoms with van der Waals surface area (Å²) < 4.78 is 51.5. The molecule has 1 N–H and O–H groups in total. The minimum Gasteiger partial charge on any atom is -0.490 e. The Morgan fingerprint density at radius 3 is 2.55 bits per heavy atom. The standard InChI is InChI=1S/C29H24F3IN2O3/c1-2-37-26-15-20(17-34-35-27(36)16-19-7-5-11-23(13-19)29(30,31)32)14-25(33)28(26)38-18-22-10-6-9-21-8-3-4-12-24(21)22/h3-15,17H,2,16,18H2,1H3,(H,35,36)/b34-17-. The van der Waals surface area contributed by atoms with Gasteiger partial charge in [0.2, 0.25) is 5.91 Å². The van der Waals surface area contributed by atoms with Crippen LogP contribution in [-0.2, 0) is 24.0 Å². The molecule has 1 amide bonds. The number of benzene rings is 4. The van der Waals surface area contributed by atoms with Crippen molar-refractivity contribution < 1.29 is 27.4 Å². The van der Waals surface area contributed by atoms with Gasteiger partial charge in [-0.3, -0.25) is 4.79 Å². The van der Waals surface area contributed by atoms with E-state index in [-0.39, 0.29) is 12.0 Å². The number of fused-ring (bicyclic) bond motifs is 1. The van der Waals surface area contributed by atoms with Crippen molar-refractivity contribution in [2.75, 3.05) is 6.61 Å². The monoisotopic (exact) mass is 632 g/mol. The molecule has 0 fully saturated rings. The van der Waals surface area contributed by atoms with E-state index in [0.29, 0.717) is 30.3 Å². The topological polar surface area (TPSA) is 59.9 Å². The molecular weight excluding hydrogens is 608 g/mol. The maximum atomic E-state index is 12.9. The minimum atomic E-state index is -4.47. The van der Waals surface area contributed by atoms with E-state index in [1.807, 2.05) is 37.3 Å². The summed E-state index contributed by atoms with van der Waals surface area (Å²) in [6, 6.07) is 22.4. The van der Waals surface area contributed by atoms with Crippen LogP contribution < -0.4 is 14.9 Å². The molecule has 4 aromatic rings. The Kier molecular flexibility index (Phi) is 8.88. The van der Waals surface area contributed by atoms with Crippen molar-refractivity contribution in [3.05, 3.63) is 105 Å². The van der Waals surface area contributed by atoms with Crippen LogP contribution >= 0.6 is 22.6 Å². The zero-order chi connectivity index (χ0) is 27.1. The van der Waals surface area contributed by atoms with Gasteiger partial charge in [-0.15, -0.1) is 0 Å². The number of ether oxygens (including phenoxy) is 2. The molecule has 0 aliphatic carbocycles. The molecule has 0 aromatic heterocycles. The van der Waals surface area contributed by atoms with Crippen molar-refractivity contribution in [1.82, 2.24) is 5.43 Å².